The van der Waals surface area contributed by atoms with Crippen LogP contribution in [0.3, 0.4) is 0 Å². The average molecular weight is 252 g/mol. The van der Waals surface area contributed by atoms with Gasteiger partial charge in [-0.3, -0.25) is 0 Å². The first kappa shape index (κ1) is 11.4. The van der Waals surface area contributed by atoms with Gasteiger partial charge in [0.05, 0.1) is 12.4 Å². The summed E-state index contributed by atoms with van der Waals surface area (Å²) in [5.41, 5.74) is 0.894. The maximum absolute atomic E-state index is 12.6. The normalized spacial score (nSPS) is 10.4. The Labute approximate surface area is 101 Å². The first-order valence-electron chi connectivity index (χ1n) is 4.58. The maximum atomic E-state index is 12.6. The molecule has 0 saturated carbocycles. The Kier molecular flexibility index (Phi) is 3.79. The van der Waals surface area contributed by atoms with Crippen LogP contribution in [0, 0.1) is 5.82 Å². The Morgan fingerprint density at radius 1 is 1.06 bits per heavy atom. The quantitative estimate of drug-likeness (QED) is 0.779. The van der Waals surface area contributed by atoms with Gasteiger partial charge < -0.3 is 0 Å². The van der Waals surface area contributed by atoms with Crippen LogP contribution >= 0.6 is 21.6 Å². The van der Waals surface area contributed by atoms with Gasteiger partial charge in [-0.05, 0) is 18.4 Å². The molecule has 0 fully saturated rings. The van der Waals surface area contributed by atoms with Gasteiger partial charge in [0.1, 0.15) is 0 Å². The molecule has 0 radical (unpaired) electrons. The second-order valence-electron chi connectivity index (χ2n) is 3.00. The number of hydrogen-bond acceptors (Lipinski definition) is 4. The smallest absolute Gasteiger partial charge is 0.159 e. The predicted molar refractivity (Wildman–Crippen MR) is 66.8 cm³/mol. The lowest BCUT2D eigenvalue weighted by molar-refractivity contribution is 0.614. The van der Waals surface area contributed by atoms with E-state index in [0.29, 0.717) is 5.82 Å². The van der Waals surface area contributed by atoms with Crippen molar-refractivity contribution in [2.75, 3.05) is 6.26 Å². The third-order valence-corrected chi connectivity index (χ3v) is 3.62. The lowest BCUT2D eigenvalue weighted by Gasteiger charge is -2.01. The van der Waals surface area contributed by atoms with Crippen molar-refractivity contribution in [1.82, 2.24) is 9.97 Å². The molecule has 0 saturated heterocycles. The van der Waals surface area contributed by atoms with E-state index in [2.05, 4.69) is 9.97 Å². The standard InChI is InChI=1S/C11H9FN2S2/c1-15-16-10-4-2-8(3-5-10)11-13-6-9(12)7-14-11/h2-7H,1H3. The molecule has 1 heterocycles. The van der Waals surface area contributed by atoms with Gasteiger partial charge in [-0.1, -0.05) is 33.7 Å². The van der Waals surface area contributed by atoms with E-state index in [1.807, 2.05) is 30.5 Å². The molecule has 0 bridgehead atoms. The molecule has 0 amide bonds. The van der Waals surface area contributed by atoms with Gasteiger partial charge in [0.15, 0.2) is 11.6 Å². The topological polar surface area (TPSA) is 25.8 Å². The minimum absolute atomic E-state index is 0.418. The summed E-state index contributed by atoms with van der Waals surface area (Å²) < 4.78 is 12.6. The fraction of sp³-hybridized carbons (Fsp3) is 0.0909. The summed E-state index contributed by atoms with van der Waals surface area (Å²) in [6, 6.07) is 7.88. The second kappa shape index (κ2) is 5.32. The number of rotatable bonds is 3. The van der Waals surface area contributed by atoms with E-state index in [1.54, 1.807) is 21.6 Å². The molecule has 0 N–H and O–H groups in total. The average Bonchev–Trinajstić information content (AvgIpc) is 2.32. The van der Waals surface area contributed by atoms with Gasteiger partial charge in [-0.2, -0.15) is 0 Å². The third kappa shape index (κ3) is 2.74. The molecule has 0 aliphatic carbocycles. The zero-order valence-electron chi connectivity index (χ0n) is 8.55. The first-order chi connectivity index (χ1) is 7.79. The molecular weight excluding hydrogens is 243 g/mol. The molecule has 2 nitrogen and oxygen atoms in total. The number of benzene rings is 1. The molecular formula is C11H9FN2S2. The lowest BCUT2D eigenvalue weighted by Crippen LogP contribution is -1.89. The van der Waals surface area contributed by atoms with Crippen LogP contribution in [0.25, 0.3) is 11.4 Å². The Morgan fingerprint density at radius 2 is 1.69 bits per heavy atom. The van der Waals surface area contributed by atoms with E-state index < -0.39 is 5.82 Å². The summed E-state index contributed by atoms with van der Waals surface area (Å²) in [5.74, 6) is 0.125. The van der Waals surface area contributed by atoms with Crippen LogP contribution in [0.4, 0.5) is 4.39 Å². The zero-order chi connectivity index (χ0) is 11.4. The number of aromatic nitrogens is 2. The lowest BCUT2D eigenvalue weighted by atomic mass is 10.2. The van der Waals surface area contributed by atoms with Crippen LogP contribution in [0.5, 0.6) is 0 Å². The van der Waals surface area contributed by atoms with Crippen LogP contribution in [0.1, 0.15) is 0 Å². The largest absolute Gasteiger partial charge is 0.233 e. The van der Waals surface area contributed by atoms with Gasteiger partial charge in [-0.25, -0.2) is 14.4 Å². The Morgan fingerprint density at radius 3 is 2.25 bits per heavy atom. The highest BCUT2D eigenvalue weighted by atomic mass is 33.1. The van der Waals surface area contributed by atoms with Crippen LogP contribution < -0.4 is 0 Å². The Balaban J connectivity index is 2.24. The molecule has 1 aromatic carbocycles. The minimum Gasteiger partial charge on any atom is -0.233 e. The summed E-state index contributed by atoms with van der Waals surface area (Å²) in [5, 5.41) is 0. The van der Waals surface area contributed by atoms with Gasteiger partial charge in [-0.15, -0.1) is 0 Å². The van der Waals surface area contributed by atoms with Crippen molar-refractivity contribution in [3.63, 3.8) is 0 Å². The molecule has 2 rings (SSSR count). The SMILES string of the molecule is CSSc1ccc(-c2ncc(F)cn2)cc1. The Hall–Kier alpha value is -1.07. The van der Waals surface area contributed by atoms with E-state index in [0.717, 1.165) is 5.56 Å². The molecule has 0 atom stereocenters. The van der Waals surface area contributed by atoms with Crippen LogP contribution in [-0.4, -0.2) is 16.2 Å². The zero-order valence-corrected chi connectivity index (χ0v) is 10.2. The highest BCUT2D eigenvalue weighted by molar-refractivity contribution is 8.76. The van der Waals surface area contributed by atoms with E-state index in [-0.39, 0.29) is 0 Å². The number of nitrogens with zero attached hydrogens (tertiary/aromatic N) is 2. The summed E-state index contributed by atoms with van der Waals surface area (Å²) in [7, 11) is 3.39. The van der Waals surface area contributed by atoms with Crippen LogP contribution in [0.2, 0.25) is 0 Å². The van der Waals surface area contributed by atoms with Crippen LogP contribution in [-0.2, 0) is 0 Å². The Bertz CT molecular complexity index is 456. The third-order valence-electron chi connectivity index (χ3n) is 1.91. The number of halogens is 1. The van der Waals surface area contributed by atoms with Crippen molar-refractivity contribution in [2.45, 2.75) is 4.90 Å². The fourth-order valence-electron chi connectivity index (χ4n) is 1.22. The van der Waals surface area contributed by atoms with Gasteiger partial charge in [0.2, 0.25) is 0 Å². The first-order valence-corrected chi connectivity index (χ1v) is 7.14. The fourth-order valence-corrected chi connectivity index (χ4v) is 2.57. The second-order valence-corrected chi connectivity index (χ2v) is 5.47. The molecule has 0 aliphatic heterocycles. The molecule has 2 aromatic rings. The van der Waals surface area contributed by atoms with Crippen molar-refractivity contribution < 1.29 is 4.39 Å². The highest BCUT2D eigenvalue weighted by Gasteiger charge is 2.01. The molecule has 1 aromatic heterocycles. The molecule has 0 aliphatic rings. The van der Waals surface area contributed by atoms with Crippen molar-refractivity contribution in [3.8, 4) is 11.4 Å². The molecule has 0 spiro atoms. The van der Waals surface area contributed by atoms with Gasteiger partial charge in [0.25, 0.3) is 0 Å². The highest BCUT2D eigenvalue weighted by Crippen LogP contribution is 2.29. The van der Waals surface area contributed by atoms with E-state index in [1.165, 1.54) is 17.3 Å². The van der Waals surface area contributed by atoms with Crippen molar-refractivity contribution in [3.05, 3.63) is 42.5 Å². The van der Waals surface area contributed by atoms with E-state index in [4.69, 9.17) is 0 Å². The summed E-state index contributed by atoms with van der Waals surface area (Å²) >= 11 is 0. The molecule has 0 unspecified atom stereocenters. The molecule has 16 heavy (non-hydrogen) atoms. The van der Waals surface area contributed by atoms with Gasteiger partial charge >= 0.3 is 0 Å². The van der Waals surface area contributed by atoms with Crippen molar-refractivity contribution in [1.29, 1.82) is 0 Å². The molecule has 5 heteroatoms. The van der Waals surface area contributed by atoms with E-state index >= 15 is 0 Å². The van der Waals surface area contributed by atoms with Crippen molar-refractivity contribution >= 4 is 21.6 Å². The minimum atomic E-state index is -0.418. The predicted octanol–water partition coefficient (Wildman–Crippen LogP) is 3.65. The summed E-state index contributed by atoms with van der Waals surface area (Å²) in [6.45, 7) is 0. The van der Waals surface area contributed by atoms with E-state index in [9.17, 15) is 4.39 Å². The molecule has 82 valence electrons. The summed E-state index contributed by atoms with van der Waals surface area (Å²) in [6.07, 6.45) is 4.38. The van der Waals surface area contributed by atoms with Crippen molar-refractivity contribution in [2.24, 2.45) is 0 Å². The summed E-state index contributed by atoms with van der Waals surface area (Å²) in [4.78, 5) is 9.03. The van der Waals surface area contributed by atoms with Gasteiger partial charge in [0, 0.05) is 10.5 Å². The van der Waals surface area contributed by atoms with Crippen LogP contribution in [0.15, 0.2) is 41.6 Å². The maximum Gasteiger partial charge on any atom is 0.159 e. The number of hydrogen-bond donors (Lipinski definition) is 0. The monoisotopic (exact) mass is 252 g/mol.